The Morgan fingerprint density at radius 3 is 2.08 bits per heavy atom. The van der Waals surface area contributed by atoms with Crippen molar-refractivity contribution in [2.45, 2.75) is 12.8 Å². The van der Waals surface area contributed by atoms with Crippen molar-refractivity contribution in [1.29, 1.82) is 0 Å². The molecule has 0 heterocycles. The minimum atomic E-state index is -0.986. The molecule has 0 amide bonds. The Kier molecular flexibility index (Phi) is 10.3. The first kappa shape index (κ1) is 13.1. The number of ether oxygens (including phenoxy) is 1. The van der Waals surface area contributed by atoms with Crippen molar-refractivity contribution in [3.63, 3.8) is 0 Å². The monoisotopic (exact) mass is 172 g/mol. The largest absolute Gasteiger partial charge is 0.481 e. The summed E-state index contributed by atoms with van der Waals surface area (Å²) in [5.74, 6) is -1.47. The maximum absolute atomic E-state index is 10.2. The van der Waals surface area contributed by atoms with Crippen molar-refractivity contribution in [2.24, 2.45) is 0 Å². The van der Waals surface area contributed by atoms with Crippen LogP contribution in [0.2, 0.25) is 0 Å². The van der Waals surface area contributed by atoms with Crippen LogP contribution in [0.4, 0.5) is 0 Å². The molecule has 0 spiro atoms. The molecule has 0 atom stereocenters. The average molecular weight is 172 g/mol. The van der Waals surface area contributed by atoms with E-state index < -0.39 is 11.9 Å². The second-order valence-corrected chi connectivity index (χ2v) is 1.72. The Morgan fingerprint density at radius 1 is 1.42 bits per heavy atom. The fourth-order valence-electron chi connectivity index (χ4n) is 0.311. The quantitative estimate of drug-likeness (QED) is 0.509. The fourth-order valence-corrected chi connectivity index (χ4v) is 0.311. The van der Waals surface area contributed by atoms with Crippen molar-refractivity contribution >= 4 is 11.9 Å². The smallest absolute Gasteiger partial charge is 0.306 e. The van der Waals surface area contributed by atoms with Crippen LogP contribution in [0.25, 0.3) is 0 Å². The Balaban J connectivity index is 0. The summed E-state index contributed by atoms with van der Waals surface area (Å²) < 4.78 is 4.20. The standard InChI is InChI=1S/C5H8O4.C3H4/c1-9-5(8)3-2-4(6)7;1-3-2/h2-3H2,1H3,(H,6,7);1-2H2. The summed E-state index contributed by atoms with van der Waals surface area (Å²) in [5.41, 5.74) is 2.25. The molecule has 4 nitrogen and oxygen atoms in total. The average Bonchev–Trinajstić information content (AvgIpc) is 2.01. The molecule has 0 saturated carbocycles. The summed E-state index contributed by atoms with van der Waals surface area (Å²) in [7, 11) is 1.23. The van der Waals surface area contributed by atoms with Crippen molar-refractivity contribution in [1.82, 2.24) is 0 Å². The molecule has 0 aromatic rings. The van der Waals surface area contributed by atoms with Gasteiger partial charge in [-0.1, -0.05) is 13.2 Å². The second-order valence-electron chi connectivity index (χ2n) is 1.72. The number of carboxylic acids is 1. The van der Waals surface area contributed by atoms with Gasteiger partial charge in [0, 0.05) is 0 Å². The Morgan fingerprint density at radius 2 is 1.83 bits per heavy atom. The van der Waals surface area contributed by atoms with Gasteiger partial charge in [-0.2, -0.15) is 0 Å². The van der Waals surface area contributed by atoms with Crippen molar-refractivity contribution < 1.29 is 19.4 Å². The lowest BCUT2D eigenvalue weighted by molar-refractivity contribution is -0.145. The van der Waals surface area contributed by atoms with Crippen molar-refractivity contribution in [3.8, 4) is 0 Å². The summed E-state index contributed by atoms with van der Waals surface area (Å²) in [4.78, 5) is 20.0. The van der Waals surface area contributed by atoms with Gasteiger partial charge in [-0.25, -0.2) is 0 Å². The minimum Gasteiger partial charge on any atom is -0.481 e. The molecule has 1 N–H and O–H groups in total. The summed E-state index contributed by atoms with van der Waals surface area (Å²) in [5, 5.41) is 8.05. The van der Waals surface area contributed by atoms with Gasteiger partial charge >= 0.3 is 11.9 Å². The van der Waals surface area contributed by atoms with Gasteiger partial charge in [0.2, 0.25) is 0 Å². The van der Waals surface area contributed by atoms with Crippen LogP contribution in [0.1, 0.15) is 12.8 Å². The molecule has 0 radical (unpaired) electrons. The minimum absolute atomic E-state index is 0.0498. The first-order valence-corrected chi connectivity index (χ1v) is 3.16. The summed E-state index contributed by atoms with van der Waals surface area (Å²) in [6.07, 6.45) is -0.210. The lowest BCUT2D eigenvalue weighted by Crippen LogP contribution is -2.04. The van der Waals surface area contributed by atoms with Gasteiger partial charge in [0.25, 0.3) is 0 Å². The fraction of sp³-hybridized carbons (Fsp3) is 0.375. The van der Waals surface area contributed by atoms with Crippen LogP contribution >= 0.6 is 0 Å². The van der Waals surface area contributed by atoms with E-state index in [0.717, 1.165) is 0 Å². The number of esters is 1. The number of carbonyl (C=O) groups excluding carboxylic acids is 1. The Labute approximate surface area is 71.2 Å². The lowest BCUT2D eigenvalue weighted by Gasteiger charge is -1.92. The molecule has 0 rings (SSSR count). The highest BCUT2D eigenvalue weighted by molar-refractivity contribution is 5.76. The van der Waals surface area contributed by atoms with E-state index in [9.17, 15) is 9.59 Å². The molecule has 4 heteroatoms. The zero-order valence-electron chi connectivity index (χ0n) is 7.00. The van der Waals surface area contributed by atoms with E-state index in [0.29, 0.717) is 0 Å². The topological polar surface area (TPSA) is 63.6 Å². The summed E-state index contributed by atoms with van der Waals surface area (Å²) >= 11 is 0. The zero-order valence-corrected chi connectivity index (χ0v) is 7.00. The highest BCUT2D eigenvalue weighted by atomic mass is 16.5. The molecule has 0 aromatic heterocycles. The van der Waals surface area contributed by atoms with Crippen LogP contribution in [0.3, 0.4) is 0 Å². The van der Waals surface area contributed by atoms with E-state index in [1.807, 2.05) is 0 Å². The van der Waals surface area contributed by atoms with Crippen molar-refractivity contribution in [3.05, 3.63) is 18.9 Å². The maximum Gasteiger partial charge on any atom is 0.306 e. The summed E-state index contributed by atoms with van der Waals surface area (Å²) in [6, 6.07) is 0. The number of rotatable bonds is 3. The number of methoxy groups -OCH3 is 1. The molecule has 0 aliphatic heterocycles. The van der Waals surface area contributed by atoms with Gasteiger partial charge in [0.05, 0.1) is 20.0 Å². The molecule has 12 heavy (non-hydrogen) atoms. The van der Waals surface area contributed by atoms with Crippen LogP contribution in [-0.2, 0) is 14.3 Å². The molecule has 0 fully saturated rings. The zero-order chi connectivity index (χ0) is 9.98. The number of carbonyl (C=O) groups is 2. The number of hydrogen-bond donors (Lipinski definition) is 1. The molecule has 0 aliphatic rings. The normalized spacial score (nSPS) is 7.08. The van der Waals surface area contributed by atoms with Crippen LogP contribution in [-0.4, -0.2) is 24.2 Å². The van der Waals surface area contributed by atoms with Crippen molar-refractivity contribution in [2.75, 3.05) is 7.11 Å². The van der Waals surface area contributed by atoms with E-state index in [1.165, 1.54) is 7.11 Å². The molecule has 0 aromatic carbocycles. The lowest BCUT2D eigenvalue weighted by atomic mass is 10.3. The summed E-state index contributed by atoms with van der Waals surface area (Å²) in [6.45, 7) is 6.25. The van der Waals surface area contributed by atoms with Gasteiger partial charge in [-0.05, 0) is 0 Å². The number of hydrogen-bond acceptors (Lipinski definition) is 3. The third-order valence-electron chi connectivity index (χ3n) is 0.771. The first-order valence-electron chi connectivity index (χ1n) is 3.16. The molecule has 0 aliphatic carbocycles. The van der Waals surface area contributed by atoms with Crippen LogP contribution in [0, 0.1) is 0 Å². The molecule has 0 unspecified atom stereocenters. The molecular formula is C8H12O4. The SMILES string of the molecule is C=C=C.COC(=O)CCC(=O)O. The molecule has 0 bridgehead atoms. The first-order chi connectivity index (χ1) is 5.58. The molecular weight excluding hydrogens is 160 g/mol. The molecule has 0 saturated heterocycles. The Bertz CT molecular complexity index is 177. The van der Waals surface area contributed by atoms with Crippen LogP contribution < -0.4 is 0 Å². The van der Waals surface area contributed by atoms with Gasteiger partial charge < -0.3 is 9.84 Å². The third-order valence-corrected chi connectivity index (χ3v) is 0.771. The van der Waals surface area contributed by atoms with E-state index in [-0.39, 0.29) is 12.8 Å². The van der Waals surface area contributed by atoms with Gasteiger partial charge in [0.15, 0.2) is 0 Å². The number of carboxylic acid groups (broad SMARTS) is 1. The highest BCUT2D eigenvalue weighted by Crippen LogP contribution is 1.89. The molecule has 68 valence electrons. The van der Waals surface area contributed by atoms with Crippen LogP contribution in [0.15, 0.2) is 18.9 Å². The third kappa shape index (κ3) is 15.8. The van der Waals surface area contributed by atoms with Gasteiger partial charge in [-0.3, -0.25) is 9.59 Å². The van der Waals surface area contributed by atoms with E-state index >= 15 is 0 Å². The van der Waals surface area contributed by atoms with Gasteiger partial charge in [-0.15, -0.1) is 5.73 Å². The van der Waals surface area contributed by atoms with Gasteiger partial charge in [0.1, 0.15) is 0 Å². The predicted molar refractivity (Wildman–Crippen MR) is 43.7 cm³/mol. The Hall–Kier alpha value is -1.54. The van der Waals surface area contributed by atoms with E-state index in [4.69, 9.17) is 5.11 Å². The maximum atomic E-state index is 10.2. The predicted octanol–water partition coefficient (Wildman–Crippen LogP) is 0.981. The highest BCUT2D eigenvalue weighted by Gasteiger charge is 2.02. The number of aliphatic carboxylic acids is 1. The second kappa shape index (κ2) is 9.46. The van der Waals surface area contributed by atoms with E-state index in [2.05, 4.69) is 23.6 Å². The van der Waals surface area contributed by atoms with Crippen LogP contribution in [0.5, 0.6) is 0 Å². The van der Waals surface area contributed by atoms with E-state index in [1.54, 1.807) is 0 Å².